The van der Waals surface area contributed by atoms with Crippen molar-refractivity contribution in [3.05, 3.63) is 0 Å². The van der Waals surface area contributed by atoms with Gasteiger partial charge in [0.05, 0.1) is 12.8 Å². The molecule has 3 N–H and O–H groups in total. The van der Waals surface area contributed by atoms with Crippen LogP contribution in [0.25, 0.3) is 0 Å². The van der Waals surface area contributed by atoms with Crippen molar-refractivity contribution in [1.29, 1.82) is 0 Å². The van der Waals surface area contributed by atoms with Gasteiger partial charge in [0.15, 0.2) is 5.96 Å². The molecule has 0 radical (unpaired) electrons. The predicted octanol–water partition coefficient (Wildman–Crippen LogP) is 0.495. The lowest BCUT2D eigenvalue weighted by Crippen LogP contribution is -2.48. The SMILES string of the molecule is CCNC(=NCC(C)(C)NS(C)(=O)=O)NC1CC(C)N(C2CC2)C1. The monoisotopic (exact) mass is 359 g/mol. The maximum absolute atomic E-state index is 11.4. The molecule has 2 atom stereocenters. The number of guanidine groups is 1. The third kappa shape index (κ3) is 6.22. The van der Waals surface area contributed by atoms with Crippen molar-refractivity contribution in [3.8, 4) is 0 Å². The molecule has 1 aliphatic carbocycles. The van der Waals surface area contributed by atoms with E-state index in [2.05, 4.69) is 32.2 Å². The number of nitrogens with zero attached hydrogens (tertiary/aromatic N) is 2. The van der Waals surface area contributed by atoms with E-state index in [-0.39, 0.29) is 0 Å². The zero-order chi connectivity index (χ0) is 18.0. The first-order valence-electron chi connectivity index (χ1n) is 8.89. The first-order valence-corrected chi connectivity index (χ1v) is 10.8. The molecule has 1 heterocycles. The van der Waals surface area contributed by atoms with Crippen molar-refractivity contribution in [3.63, 3.8) is 0 Å². The van der Waals surface area contributed by atoms with Crippen molar-refractivity contribution in [1.82, 2.24) is 20.3 Å². The smallest absolute Gasteiger partial charge is 0.209 e. The Morgan fingerprint density at radius 2 is 2.00 bits per heavy atom. The van der Waals surface area contributed by atoms with Gasteiger partial charge in [-0.1, -0.05) is 0 Å². The first-order chi connectivity index (χ1) is 11.1. The quantitative estimate of drug-likeness (QED) is 0.455. The molecule has 1 saturated carbocycles. The molecular weight excluding hydrogens is 326 g/mol. The van der Waals surface area contributed by atoms with Gasteiger partial charge in [-0.2, -0.15) is 0 Å². The van der Waals surface area contributed by atoms with Crippen LogP contribution in [-0.2, 0) is 10.0 Å². The molecular formula is C16H33N5O2S. The Morgan fingerprint density at radius 1 is 1.33 bits per heavy atom. The van der Waals surface area contributed by atoms with Crippen LogP contribution in [-0.4, -0.2) is 68.8 Å². The molecule has 0 amide bonds. The zero-order valence-electron chi connectivity index (χ0n) is 15.6. The molecule has 0 bridgehead atoms. The van der Waals surface area contributed by atoms with Crippen LogP contribution >= 0.6 is 0 Å². The maximum Gasteiger partial charge on any atom is 0.209 e. The van der Waals surface area contributed by atoms with Crippen LogP contribution in [0, 0.1) is 0 Å². The van der Waals surface area contributed by atoms with Gasteiger partial charge in [0.2, 0.25) is 10.0 Å². The molecule has 2 unspecified atom stereocenters. The summed E-state index contributed by atoms with van der Waals surface area (Å²) >= 11 is 0. The second-order valence-corrected chi connectivity index (χ2v) is 9.56. The third-order valence-corrected chi connectivity index (χ3v) is 5.34. The van der Waals surface area contributed by atoms with Crippen molar-refractivity contribution in [2.75, 3.05) is 25.9 Å². The minimum Gasteiger partial charge on any atom is -0.357 e. The number of nitrogens with one attached hydrogen (secondary N) is 3. The Labute approximate surface area is 146 Å². The number of hydrogen-bond donors (Lipinski definition) is 3. The summed E-state index contributed by atoms with van der Waals surface area (Å²) in [6.07, 6.45) is 4.95. The molecule has 1 aliphatic heterocycles. The zero-order valence-corrected chi connectivity index (χ0v) is 16.4. The van der Waals surface area contributed by atoms with E-state index in [1.54, 1.807) is 0 Å². The van der Waals surface area contributed by atoms with E-state index >= 15 is 0 Å². The van der Waals surface area contributed by atoms with E-state index in [1.165, 1.54) is 19.1 Å². The minimum absolute atomic E-state index is 0.379. The Morgan fingerprint density at radius 3 is 2.54 bits per heavy atom. The average molecular weight is 360 g/mol. The molecule has 0 aromatic heterocycles. The summed E-state index contributed by atoms with van der Waals surface area (Å²) in [7, 11) is -3.25. The highest BCUT2D eigenvalue weighted by molar-refractivity contribution is 7.88. The van der Waals surface area contributed by atoms with Crippen molar-refractivity contribution >= 4 is 16.0 Å². The van der Waals surface area contributed by atoms with Gasteiger partial charge in [-0.15, -0.1) is 0 Å². The molecule has 1 saturated heterocycles. The van der Waals surface area contributed by atoms with Gasteiger partial charge in [-0.05, 0) is 47.0 Å². The lowest BCUT2D eigenvalue weighted by atomic mass is 10.1. The molecule has 2 rings (SSSR count). The third-order valence-electron chi connectivity index (χ3n) is 4.42. The molecule has 140 valence electrons. The molecule has 2 fully saturated rings. The topological polar surface area (TPSA) is 85.8 Å². The summed E-state index contributed by atoms with van der Waals surface area (Å²) in [6, 6.07) is 1.79. The molecule has 0 spiro atoms. The molecule has 24 heavy (non-hydrogen) atoms. The van der Waals surface area contributed by atoms with Gasteiger partial charge >= 0.3 is 0 Å². The Hall–Kier alpha value is -0.860. The maximum atomic E-state index is 11.4. The number of sulfonamides is 1. The fraction of sp³-hybridized carbons (Fsp3) is 0.938. The van der Waals surface area contributed by atoms with Crippen molar-refractivity contribution in [2.45, 2.75) is 70.6 Å². The lowest BCUT2D eigenvalue weighted by molar-refractivity contribution is 0.256. The summed E-state index contributed by atoms with van der Waals surface area (Å²) in [5.74, 6) is 0.760. The van der Waals surface area contributed by atoms with Crippen molar-refractivity contribution in [2.24, 2.45) is 4.99 Å². The van der Waals surface area contributed by atoms with Crippen LogP contribution in [0.5, 0.6) is 0 Å². The first kappa shape index (κ1) is 19.5. The van der Waals surface area contributed by atoms with E-state index < -0.39 is 15.6 Å². The fourth-order valence-corrected chi connectivity index (χ4v) is 4.47. The molecule has 0 aromatic rings. The molecule has 7 nitrogen and oxygen atoms in total. The van der Waals surface area contributed by atoms with E-state index in [1.807, 2.05) is 20.8 Å². The average Bonchev–Trinajstić information content (AvgIpc) is 3.18. The number of rotatable bonds is 7. The van der Waals surface area contributed by atoms with E-state index in [0.717, 1.165) is 31.5 Å². The van der Waals surface area contributed by atoms with E-state index in [4.69, 9.17) is 0 Å². The minimum atomic E-state index is -3.25. The second kappa shape index (κ2) is 7.58. The lowest BCUT2D eigenvalue weighted by Gasteiger charge is -2.24. The largest absolute Gasteiger partial charge is 0.357 e. The number of hydrogen-bond acceptors (Lipinski definition) is 4. The van der Waals surface area contributed by atoms with Crippen LogP contribution in [0.2, 0.25) is 0 Å². The highest BCUT2D eigenvalue weighted by Crippen LogP contribution is 2.33. The summed E-state index contributed by atoms with van der Waals surface area (Å²) in [5.41, 5.74) is -0.612. The van der Waals surface area contributed by atoms with Gasteiger partial charge in [0.25, 0.3) is 0 Å². The standard InChI is InChI=1S/C16H33N5O2S/c1-6-17-15(18-11-16(3,4)20-24(5,22)23)19-13-9-12(2)21(10-13)14-7-8-14/h12-14,20H,6-11H2,1-5H3,(H2,17,18,19). The van der Waals surface area contributed by atoms with Crippen LogP contribution in [0.3, 0.4) is 0 Å². The van der Waals surface area contributed by atoms with Gasteiger partial charge in [-0.25, -0.2) is 13.1 Å². The van der Waals surface area contributed by atoms with E-state index in [0.29, 0.717) is 18.6 Å². The molecule has 8 heteroatoms. The highest BCUT2D eigenvalue weighted by atomic mass is 32.2. The normalized spacial score (nSPS) is 26.6. The van der Waals surface area contributed by atoms with Gasteiger partial charge in [0.1, 0.15) is 0 Å². The Bertz CT molecular complexity index is 557. The molecule has 0 aromatic carbocycles. The highest BCUT2D eigenvalue weighted by Gasteiger charge is 2.38. The fourth-order valence-electron chi connectivity index (χ4n) is 3.40. The number of aliphatic imine (C=N–C) groups is 1. The summed E-state index contributed by atoms with van der Waals surface area (Å²) in [5, 5.41) is 6.78. The van der Waals surface area contributed by atoms with E-state index in [9.17, 15) is 8.42 Å². The summed E-state index contributed by atoms with van der Waals surface area (Å²) in [4.78, 5) is 7.19. The van der Waals surface area contributed by atoms with Gasteiger partial charge < -0.3 is 10.6 Å². The van der Waals surface area contributed by atoms with Crippen LogP contribution < -0.4 is 15.4 Å². The van der Waals surface area contributed by atoms with Gasteiger partial charge in [-0.3, -0.25) is 9.89 Å². The van der Waals surface area contributed by atoms with Crippen molar-refractivity contribution < 1.29 is 8.42 Å². The second-order valence-electron chi connectivity index (χ2n) is 7.81. The number of likely N-dealkylation sites (tertiary alicyclic amines) is 1. The molecule has 2 aliphatic rings. The van der Waals surface area contributed by atoms with Crippen LogP contribution in [0.15, 0.2) is 4.99 Å². The van der Waals surface area contributed by atoms with Crippen LogP contribution in [0.4, 0.5) is 0 Å². The predicted molar refractivity (Wildman–Crippen MR) is 98.8 cm³/mol. The van der Waals surface area contributed by atoms with Crippen LogP contribution in [0.1, 0.15) is 47.0 Å². The Balaban J connectivity index is 1.93. The Kier molecular flexibility index (Phi) is 6.14. The summed E-state index contributed by atoms with van der Waals surface area (Å²) < 4.78 is 25.5. The van der Waals surface area contributed by atoms with Gasteiger partial charge in [0, 0.05) is 36.8 Å². The summed E-state index contributed by atoms with van der Waals surface area (Å²) in [6.45, 7) is 10.2.